The molecule has 0 bridgehead atoms. The molecule has 0 fully saturated rings. The largest absolute Gasteiger partial charge is 0.456 e. The SMILES string of the molecule is c1ccc(-c2ccc(-c3nc(-c4ccc5oc6ccccc6c5c4)nc(-c4ccc(-n5c6cc7ccccc7cc6c6ccc7ccccc7c65)c5oc6ccccc6c45)n3)cc2)cc1. The molecule has 10 aromatic carbocycles. The van der Waals surface area contributed by atoms with E-state index in [-0.39, 0.29) is 0 Å². The van der Waals surface area contributed by atoms with Gasteiger partial charge in [0.2, 0.25) is 0 Å². The Morgan fingerprint density at radius 3 is 1.75 bits per heavy atom. The van der Waals surface area contributed by atoms with E-state index in [2.05, 4.69) is 162 Å². The maximum absolute atomic E-state index is 7.03. The lowest BCUT2D eigenvalue weighted by molar-refractivity contribution is 0.666. The van der Waals surface area contributed by atoms with Crippen LogP contribution in [0.3, 0.4) is 0 Å². The summed E-state index contributed by atoms with van der Waals surface area (Å²) >= 11 is 0. The third-order valence-corrected chi connectivity index (χ3v) is 13.0. The van der Waals surface area contributed by atoms with Crippen molar-refractivity contribution in [2.24, 2.45) is 0 Å². The lowest BCUT2D eigenvalue weighted by atomic mass is 10.0. The molecule has 14 rings (SSSR count). The molecule has 4 heterocycles. The van der Waals surface area contributed by atoms with E-state index >= 15 is 0 Å². The van der Waals surface area contributed by atoms with E-state index in [4.69, 9.17) is 23.8 Å². The van der Waals surface area contributed by atoms with Crippen LogP contribution in [-0.2, 0) is 0 Å². The van der Waals surface area contributed by atoms with Crippen LogP contribution in [0.4, 0.5) is 0 Å². The zero-order valence-electron chi connectivity index (χ0n) is 34.7. The summed E-state index contributed by atoms with van der Waals surface area (Å²) in [4.78, 5) is 15.9. The fraction of sp³-hybridized carbons (Fsp3) is 0. The van der Waals surface area contributed by atoms with Crippen LogP contribution >= 0.6 is 0 Å². The summed E-state index contributed by atoms with van der Waals surface area (Å²) in [6, 6.07) is 72.1. The predicted octanol–water partition coefficient (Wildman–Crippen LogP) is 15.7. The highest BCUT2D eigenvalue weighted by Crippen LogP contribution is 2.44. The van der Waals surface area contributed by atoms with Crippen LogP contribution in [0, 0.1) is 0 Å². The summed E-state index contributed by atoms with van der Waals surface area (Å²) in [5.74, 6) is 1.69. The molecule has 0 aliphatic carbocycles. The van der Waals surface area contributed by atoms with Gasteiger partial charge in [0.25, 0.3) is 0 Å². The molecule has 0 aliphatic heterocycles. The molecule has 0 saturated heterocycles. The molecule has 0 atom stereocenters. The molecule has 6 nitrogen and oxygen atoms in total. The van der Waals surface area contributed by atoms with Crippen molar-refractivity contribution in [1.29, 1.82) is 0 Å². The fourth-order valence-corrected chi connectivity index (χ4v) is 9.95. The van der Waals surface area contributed by atoms with E-state index in [0.717, 1.165) is 88.4 Å². The highest BCUT2D eigenvalue weighted by atomic mass is 16.3. The number of para-hydroxylation sites is 2. The van der Waals surface area contributed by atoms with Crippen LogP contribution in [-0.4, -0.2) is 19.5 Å². The molecule has 302 valence electrons. The summed E-state index contributed by atoms with van der Waals surface area (Å²) in [5, 5.41) is 11.1. The molecule has 0 unspecified atom stereocenters. The van der Waals surface area contributed by atoms with Gasteiger partial charge in [0.1, 0.15) is 16.7 Å². The van der Waals surface area contributed by atoms with Crippen LogP contribution in [0.15, 0.2) is 215 Å². The van der Waals surface area contributed by atoms with Gasteiger partial charge in [0.15, 0.2) is 23.1 Å². The maximum atomic E-state index is 7.03. The number of fused-ring (bicyclic) bond motifs is 12. The Balaban J connectivity index is 1.04. The van der Waals surface area contributed by atoms with Crippen molar-refractivity contribution >= 4 is 87.2 Å². The zero-order valence-corrected chi connectivity index (χ0v) is 34.7. The van der Waals surface area contributed by atoms with E-state index in [1.54, 1.807) is 0 Å². The average Bonchev–Trinajstić information content (AvgIpc) is 4.05. The summed E-state index contributed by atoms with van der Waals surface area (Å²) in [6.45, 7) is 0. The first-order valence-corrected chi connectivity index (χ1v) is 21.8. The van der Waals surface area contributed by atoms with Crippen molar-refractivity contribution in [2.75, 3.05) is 0 Å². The van der Waals surface area contributed by atoms with Crippen LogP contribution < -0.4 is 0 Å². The number of benzene rings is 10. The van der Waals surface area contributed by atoms with E-state index in [1.807, 2.05) is 48.5 Å². The van der Waals surface area contributed by atoms with Gasteiger partial charge in [-0.1, -0.05) is 152 Å². The van der Waals surface area contributed by atoms with Crippen molar-refractivity contribution in [1.82, 2.24) is 19.5 Å². The smallest absolute Gasteiger partial charge is 0.164 e. The second-order valence-electron chi connectivity index (χ2n) is 16.7. The van der Waals surface area contributed by atoms with Gasteiger partial charge in [-0.05, 0) is 81.9 Å². The Labute approximate surface area is 371 Å². The molecule has 0 N–H and O–H groups in total. The van der Waals surface area contributed by atoms with E-state index in [0.29, 0.717) is 17.5 Å². The van der Waals surface area contributed by atoms with Crippen LogP contribution in [0.2, 0.25) is 0 Å². The molecule has 0 spiro atoms. The van der Waals surface area contributed by atoms with Gasteiger partial charge in [0, 0.05) is 54.4 Å². The normalized spacial score (nSPS) is 12.0. The lowest BCUT2D eigenvalue weighted by Crippen LogP contribution is -2.01. The molecule has 0 amide bonds. The van der Waals surface area contributed by atoms with Gasteiger partial charge in [-0.15, -0.1) is 0 Å². The van der Waals surface area contributed by atoms with Gasteiger partial charge >= 0.3 is 0 Å². The van der Waals surface area contributed by atoms with Crippen molar-refractivity contribution in [3.8, 4) is 51.0 Å². The minimum atomic E-state index is 0.552. The third-order valence-electron chi connectivity index (χ3n) is 13.0. The first-order valence-electron chi connectivity index (χ1n) is 21.8. The number of hydrogen-bond acceptors (Lipinski definition) is 5. The van der Waals surface area contributed by atoms with Crippen LogP contribution in [0.5, 0.6) is 0 Å². The second kappa shape index (κ2) is 13.8. The first kappa shape index (κ1) is 35.7. The highest BCUT2D eigenvalue weighted by Gasteiger charge is 2.24. The molecule has 14 aromatic rings. The minimum absolute atomic E-state index is 0.552. The Bertz CT molecular complexity index is 4240. The lowest BCUT2D eigenvalue weighted by Gasteiger charge is -2.13. The number of aromatic nitrogens is 4. The molecule has 6 heteroatoms. The van der Waals surface area contributed by atoms with Gasteiger partial charge in [0.05, 0.1) is 16.7 Å². The fourth-order valence-electron chi connectivity index (χ4n) is 9.95. The van der Waals surface area contributed by atoms with Gasteiger partial charge < -0.3 is 13.4 Å². The number of nitrogens with zero attached hydrogens (tertiary/aromatic N) is 4. The second-order valence-corrected chi connectivity index (χ2v) is 16.7. The van der Waals surface area contributed by atoms with Crippen LogP contribution in [0.25, 0.3) is 138 Å². The summed E-state index contributed by atoms with van der Waals surface area (Å²) in [6.07, 6.45) is 0. The summed E-state index contributed by atoms with van der Waals surface area (Å²) < 4.78 is 15.7. The predicted molar refractivity (Wildman–Crippen MR) is 265 cm³/mol. The Kier molecular flexibility index (Phi) is 7.59. The van der Waals surface area contributed by atoms with E-state index in [9.17, 15) is 0 Å². The topological polar surface area (TPSA) is 69.9 Å². The van der Waals surface area contributed by atoms with Gasteiger partial charge in [-0.25, -0.2) is 15.0 Å². The van der Waals surface area contributed by atoms with E-state index in [1.165, 1.54) is 32.3 Å². The summed E-state index contributed by atoms with van der Waals surface area (Å²) in [5.41, 5.74) is 11.3. The molecular formula is C59H34N4O2. The minimum Gasteiger partial charge on any atom is -0.456 e. The molecule has 4 aromatic heterocycles. The third kappa shape index (κ3) is 5.51. The van der Waals surface area contributed by atoms with Crippen molar-refractivity contribution < 1.29 is 8.83 Å². The number of rotatable bonds is 5. The van der Waals surface area contributed by atoms with Crippen LogP contribution in [0.1, 0.15) is 0 Å². The zero-order chi connectivity index (χ0) is 42.6. The number of furan rings is 2. The highest BCUT2D eigenvalue weighted by molar-refractivity contribution is 6.22. The summed E-state index contributed by atoms with van der Waals surface area (Å²) in [7, 11) is 0. The Morgan fingerprint density at radius 1 is 0.338 bits per heavy atom. The Hall–Kier alpha value is -8.87. The Morgan fingerprint density at radius 2 is 0.938 bits per heavy atom. The van der Waals surface area contributed by atoms with Crippen molar-refractivity contribution in [2.45, 2.75) is 0 Å². The molecular weight excluding hydrogens is 797 g/mol. The molecule has 0 radical (unpaired) electrons. The van der Waals surface area contributed by atoms with E-state index < -0.39 is 0 Å². The monoisotopic (exact) mass is 830 g/mol. The average molecular weight is 831 g/mol. The van der Waals surface area contributed by atoms with Gasteiger partial charge in [-0.2, -0.15) is 0 Å². The molecule has 65 heavy (non-hydrogen) atoms. The van der Waals surface area contributed by atoms with Gasteiger partial charge in [-0.3, -0.25) is 0 Å². The van der Waals surface area contributed by atoms with Crippen molar-refractivity contribution in [3.63, 3.8) is 0 Å². The van der Waals surface area contributed by atoms with Crippen molar-refractivity contribution in [3.05, 3.63) is 206 Å². The number of hydrogen-bond donors (Lipinski definition) is 0. The maximum Gasteiger partial charge on any atom is 0.164 e. The first-order chi connectivity index (χ1) is 32.2. The molecule has 0 aliphatic rings. The molecule has 0 saturated carbocycles. The quantitative estimate of drug-likeness (QED) is 0.173. The standard InChI is InChI=1S/C59H34N4O2/c1-2-12-35(13-3-1)36-22-24-38(25-23-36)57-60-58(41-27-31-53-48(33-41)43-18-8-10-20-51(43)64-53)62-59(61-57)46-29-30-49(56-54(46)45-19-9-11-21-52(45)65-56)63-50-34-40-16-5-4-15-39(40)32-47(50)44-28-26-37-14-6-7-17-42(37)55(44)63/h1-34H.